The first-order valence-electron chi connectivity index (χ1n) is 7.27. The third kappa shape index (κ3) is 3.83. The third-order valence-corrected chi connectivity index (χ3v) is 3.87. The molecule has 1 N–H and O–H groups in total. The Hall–Kier alpha value is -1.30. The molecule has 0 saturated carbocycles. The first-order valence-corrected chi connectivity index (χ1v) is 7.27. The summed E-state index contributed by atoms with van der Waals surface area (Å²) < 4.78 is 0. The van der Waals surface area contributed by atoms with Gasteiger partial charge in [-0.1, -0.05) is 37.3 Å². The normalized spacial score (nSPS) is 23.7. The Labute approximate surface area is 117 Å². The SMILES string of the molecule is CC#CCCN1CC(CC)NCC1c1ccccc1. The summed E-state index contributed by atoms with van der Waals surface area (Å²) in [7, 11) is 0. The molecule has 1 fully saturated rings. The summed E-state index contributed by atoms with van der Waals surface area (Å²) in [5.41, 5.74) is 1.41. The van der Waals surface area contributed by atoms with Crippen LogP contribution >= 0.6 is 0 Å². The smallest absolute Gasteiger partial charge is 0.0473 e. The van der Waals surface area contributed by atoms with Crippen LogP contribution in [-0.4, -0.2) is 30.6 Å². The fraction of sp³-hybridized carbons (Fsp3) is 0.529. The fourth-order valence-electron chi connectivity index (χ4n) is 2.73. The van der Waals surface area contributed by atoms with E-state index in [-0.39, 0.29) is 0 Å². The summed E-state index contributed by atoms with van der Waals surface area (Å²) in [6.45, 7) is 7.41. The standard InChI is InChI=1S/C17H24N2/c1-3-5-9-12-19-14-16(4-2)18-13-17(19)15-10-7-6-8-11-15/h6-8,10-11,16-18H,4,9,12-14H2,1-2H3. The van der Waals surface area contributed by atoms with Gasteiger partial charge in [0.05, 0.1) is 0 Å². The predicted octanol–water partition coefficient (Wildman–Crippen LogP) is 2.82. The molecule has 102 valence electrons. The van der Waals surface area contributed by atoms with Crippen LogP contribution in [0.25, 0.3) is 0 Å². The van der Waals surface area contributed by atoms with Gasteiger partial charge in [0.15, 0.2) is 0 Å². The van der Waals surface area contributed by atoms with Crippen LogP contribution in [0.2, 0.25) is 0 Å². The Morgan fingerprint density at radius 3 is 2.79 bits per heavy atom. The van der Waals surface area contributed by atoms with Crippen LogP contribution in [0.15, 0.2) is 30.3 Å². The largest absolute Gasteiger partial charge is 0.311 e. The van der Waals surface area contributed by atoms with E-state index in [2.05, 4.69) is 59.3 Å². The molecular weight excluding hydrogens is 232 g/mol. The van der Waals surface area contributed by atoms with E-state index >= 15 is 0 Å². The minimum absolute atomic E-state index is 0.489. The lowest BCUT2D eigenvalue weighted by Gasteiger charge is -2.40. The van der Waals surface area contributed by atoms with E-state index in [1.54, 1.807) is 0 Å². The maximum atomic E-state index is 3.66. The molecule has 0 aromatic heterocycles. The average molecular weight is 256 g/mol. The summed E-state index contributed by atoms with van der Waals surface area (Å²) in [4.78, 5) is 2.59. The Kier molecular flexibility index (Phi) is 5.44. The van der Waals surface area contributed by atoms with E-state index in [9.17, 15) is 0 Å². The molecule has 2 nitrogen and oxygen atoms in total. The monoisotopic (exact) mass is 256 g/mol. The van der Waals surface area contributed by atoms with E-state index in [4.69, 9.17) is 0 Å². The molecule has 1 heterocycles. The van der Waals surface area contributed by atoms with E-state index in [0.717, 1.165) is 26.1 Å². The number of rotatable bonds is 4. The second-order valence-electron chi connectivity index (χ2n) is 5.11. The highest BCUT2D eigenvalue weighted by molar-refractivity contribution is 5.20. The summed E-state index contributed by atoms with van der Waals surface area (Å²) in [5.74, 6) is 6.18. The molecule has 0 spiro atoms. The van der Waals surface area contributed by atoms with Crippen LogP contribution in [0.4, 0.5) is 0 Å². The Balaban J connectivity index is 2.07. The average Bonchev–Trinajstić information content (AvgIpc) is 2.48. The van der Waals surface area contributed by atoms with Crippen LogP contribution in [0.5, 0.6) is 0 Å². The second-order valence-corrected chi connectivity index (χ2v) is 5.11. The molecule has 0 bridgehead atoms. The van der Waals surface area contributed by atoms with E-state index < -0.39 is 0 Å². The van der Waals surface area contributed by atoms with Gasteiger partial charge in [0.2, 0.25) is 0 Å². The van der Waals surface area contributed by atoms with Crippen LogP contribution in [-0.2, 0) is 0 Å². The molecule has 1 aliphatic rings. The molecule has 2 heteroatoms. The van der Waals surface area contributed by atoms with Gasteiger partial charge in [-0.25, -0.2) is 0 Å². The third-order valence-electron chi connectivity index (χ3n) is 3.87. The van der Waals surface area contributed by atoms with Gasteiger partial charge in [-0.3, -0.25) is 4.90 Å². The molecule has 2 rings (SSSR count). The van der Waals surface area contributed by atoms with Crippen molar-refractivity contribution in [2.75, 3.05) is 19.6 Å². The zero-order valence-corrected chi connectivity index (χ0v) is 12.0. The first kappa shape index (κ1) is 14.1. The van der Waals surface area contributed by atoms with Crippen molar-refractivity contribution in [3.8, 4) is 11.8 Å². The van der Waals surface area contributed by atoms with Crippen molar-refractivity contribution in [3.05, 3.63) is 35.9 Å². The van der Waals surface area contributed by atoms with Gasteiger partial charge >= 0.3 is 0 Å². The number of piperazine rings is 1. The van der Waals surface area contributed by atoms with Gasteiger partial charge in [0.1, 0.15) is 0 Å². The zero-order valence-electron chi connectivity index (χ0n) is 12.0. The number of benzene rings is 1. The summed E-state index contributed by atoms with van der Waals surface area (Å²) in [6, 6.07) is 11.9. The quantitative estimate of drug-likeness (QED) is 0.833. The Morgan fingerprint density at radius 1 is 1.32 bits per heavy atom. The molecule has 1 aliphatic heterocycles. The Morgan fingerprint density at radius 2 is 2.11 bits per heavy atom. The van der Waals surface area contributed by atoms with Crippen molar-refractivity contribution in [2.24, 2.45) is 0 Å². The highest BCUT2D eigenvalue weighted by Crippen LogP contribution is 2.24. The molecule has 1 saturated heterocycles. The number of nitrogens with one attached hydrogen (secondary N) is 1. The summed E-state index contributed by atoms with van der Waals surface area (Å²) >= 11 is 0. The lowest BCUT2D eigenvalue weighted by Crippen LogP contribution is -2.52. The number of hydrogen-bond acceptors (Lipinski definition) is 2. The molecule has 0 aliphatic carbocycles. The van der Waals surface area contributed by atoms with Gasteiger partial charge in [-0.15, -0.1) is 11.8 Å². The molecular formula is C17H24N2. The van der Waals surface area contributed by atoms with Gasteiger partial charge in [-0.2, -0.15) is 0 Å². The predicted molar refractivity (Wildman–Crippen MR) is 80.9 cm³/mol. The van der Waals surface area contributed by atoms with Crippen molar-refractivity contribution in [1.29, 1.82) is 0 Å². The van der Waals surface area contributed by atoms with Crippen LogP contribution in [0, 0.1) is 11.8 Å². The number of nitrogens with zero attached hydrogens (tertiary/aromatic N) is 1. The van der Waals surface area contributed by atoms with Gasteiger partial charge < -0.3 is 5.32 Å². The van der Waals surface area contributed by atoms with Gasteiger partial charge in [-0.05, 0) is 18.9 Å². The van der Waals surface area contributed by atoms with Crippen molar-refractivity contribution >= 4 is 0 Å². The molecule has 1 aromatic carbocycles. The van der Waals surface area contributed by atoms with Crippen molar-refractivity contribution < 1.29 is 0 Å². The fourth-order valence-corrected chi connectivity index (χ4v) is 2.73. The maximum absolute atomic E-state index is 3.66. The minimum atomic E-state index is 0.489. The molecule has 19 heavy (non-hydrogen) atoms. The van der Waals surface area contributed by atoms with E-state index in [1.807, 2.05) is 6.92 Å². The maximum Gasteiger partial charge on any atom is 0.0473 e. The Bertz CT molecular complexity index is 430. The minimum Gasteiger partial charge on any atom is -0.311 e. The molecule has 0 amide bonds. The van der Waals surface area contributed by atoms with E-state index in [0.29, 0.717) is 12.1 Å². The van der Waals surface area contributed by atoms with E-state index in [1.165, 1.54) is 12.0 Å². The summed E-state index contributed by atoms with van der Waals surface area (Å²) in [6.07, 6.45) is 2.16. The molecule has 2 atom stereocenters. The number of hydrogen-bond donors (Lipinski definition) is 1. The lowest BCUT2D eigenvalue weighted by atomic mass is 10.00. The van der Waals surface area contributed by atoms with Gasteiger partial charge in [0.25, 0.3) is 0 Å². The molecule has 0 radical (unpaired) electrons. The zero-order chi connectivity index (χ0) is 13.5. The molecule has 1 aromatic rings. The lowest BCUT2D eigenvalue weighted by molar-refractivity contribution is 0.131. The highest BCUT2D eigenvalue weighted by atomic mass is 15.2. The second kappa shape index (κ2) is 7.33. The summed E-state index contributed by atoms with van der Waals surface area (Å²) in [5, 5.41) is 3.66. The van der Waals surface area contributed by atoms with Crippen LogP contribution in [0.3, 0.4) is 0 Å². The van der Waals surface area contributed by atoms with Crippen LogP contribution < -0.4 is 5.32 Å². The van der Waals surface area contributed by atoms with Crippen molar-refractivity contribution in [1.82, 2.24) is 10.2 Å². The molecule has 2 unspecified atom stereocenters. The topological polar surface area (TPSA) is 15.3 Å². The van der Waals surface area contributed by atoms with Crippen molar-refractivity contribution in [2.45, 2.75) is 38.8 Å². The highest BCUT2D eigenvalue weighted by Gasteiger charge is 2.27. The van der Waals surface area contributed by atoms with Crippen molar-refractivity contribution in [3.63, 3.8) is 0 Å². The van der Waals surface area contributed by atoms with Gasteiger partial charge in [0, 0.05) is 38.1 Å². The first-order chi connectivity index (χ1) is 9.35. The van der Waals surface area contributed by atoms with Crippen LogP contribution in [0.1, 0.15) is 38.3 Å².